The Labute approximate surface area is 176 Å². The molecule has 2 aromatic heterocycles. The Morgan fingerprint density at radius 2 is 2.03 bits per heavy atom. The zero-order valence-corrected chi connectivity index (χ0v) is 17.1. The second-order valence-corrected chi connectivity index (χ2v) is 7.02. The van der Waals surface area contributed by atoms with E-state index in [-0.39, 0.29) is 6.10 Å². The van der Waals surface area contributed by atoms with E-state index in [1.54, 1.807) is 18.3 Å². The van der Waals surface area contributed by atoms with Crippen molar-refractivity contribution in [1.82, 2.24) is 15.0 Å². The van der Waals surface area contributed by atoms with Gasteiger partial charge in [0, 0.05) is 41.8 Å². The lowest BCUT2D eigenvalue weighted by molar-refractivity contribution is 0.232. The third-order valence-electron chi connectivity index (χ3n) is 4.26. The van der Waals surface area contributed by atoms with Gasteiger partial charge in [0.2, 0.25) is 5.88 Å². The number of nitriles is 1. The summed E-state index contributed by atoms with van der Waals surface area (Å²) in [5, 5.41) is 12.4. The highest BCUT2D eigenvalue weighted by molar-refractivity contribution is 5.73. The Bertz CT molecular complexity index is 1090. The fraction of sp³-hybridized carbons (Fsp3) is 0.217. The van der Waals surface area contributed by atoms with Gasteiger partial charge in [0.25, 0.3) is 0 Å². The summed E-state index contributed by atoms with van der Waals surface area (Å²) >= 11 is 0. The van der Waals surface area contributed by atoms with Crippen molar-refractivity contribution in [2.75, 3.05) is 17.6 Å². The van der Waals surface area contributed by atoms with Crippen molar-refractivity contribution in [3.05, 3.63) is 66.5 Å². The highest BCUT2D eigenvalue weighted by Crippen LogP contribution is 2.24. The van der Waals surface area contributed by atoms with Crippen LogP contribution in [0.5, 0.6) is 5.88 Å². The van der Waals surface area contributed by atoms with Gasteiger partial charge in [0.05, 0.1) is 11.7 Å². The maximum Gasteiger partial charge on any atom is 0.219 e. The lowest BCUT2D eigenvalue weighted by Crippen LogP contribution is -2.10. The minimum Gasteiger partial charge on any atom is -0.475 e. The molecule has 7 heteroatoms. The van der Waals surface area contributed by atoms with Crippen LogP contribution in [-0.4, -0.2) is 27.6 Å². The largest absolute Gasteiger partial charge is 0.475 e. The molecule has 7 nitrogen and oxygen atoms in total. The van der Waals surface area contributed by atoms with Gasteiger partial charge in [-0.2, -0.15) is 10.2 Å². The SMILES string of the molecule is C=C(CCNc1cc(OC(C)C)nc(-c2cncc(C#N)c2)n1)c1ccccc1N. The Morgan fingerprint density at radius 1 is 1.23 bits per heavy atom. The Morgan fingerprint density at radius 3 is 2.77 bits per heavy atom. The van der Waals surface area contributed by atoms with Crippen LogP contribution in [0.4, 0.5) is 11.5 Å². The molecule has 1 aromatic carbocycles. The average Bonchev–Trinajstić information content (AvgIpc) is 2.73. The van der Waals surface area contributed by atoms with E-state index in [4.69, 9.17) is 15.7 Å². The van der Waals surface area contributed by atoms with Crippen LogP contribution in [-0.2, 0) is 0 Å². The Balaban J connectivity index is 1.79. The summed E-state index contributed by atoms with van der Waals surface area (Å²) < 4.78 is 5.78. The summed E-state index contributed by atoms with van der Waals surface area (Å²) in [6.45, 7) is 8.62. The van der Waals surface area contributed by atoms with E-state index in [0.29, 0.717) is 47.3 Å². The summed E-state index contributed by atoms with van der Waals surface area (Å²) in [6.07, 6.45) is 3.78. The molecule has 0 aliphatic carbocycles. The molecular formula is C23H24N6O. The fourth-order valence-electron chi connectivity index (χ4n) is 2.86. The highest BCUT2D eigenvalue weighted by atomic mass is 16.5. The second kappa shape index (κ2) is 9.52. The maximum absolute atomic E-state index is 9.13. The van der Waals surface area contributed by atoms with Crippen LogP contribution in [0.15, 0.2) is 55.4 Å². The van der Waals surface area contributed by atoms with Crippen LogP contribution in [0.25, 0.3) is 17.0 Å². The van der Waals surface area contributed by atoms with Crippen LogP contribution in [0.1, 0.15) is 31.4 Å². The van der Waals surface area contributed by atoms with Crippen LogP contribution >= 0.6 is 0 Å². The first-order valence-electron chi connectivity index (χ1n) is 9.64. The number of para-hydroxylation sites is 1. The zero-order chi connectivity index (χ0) is 21.5. The first-order chi connectivity index (χ1) is 14.5. The number of nitrogens with two attached hydrogens (primary N) is 1. The van der Waals surface area contributed by atoms with E-state index >= 15 is 0 Å². The van der Waals surface area contributed by atoms with Crippen molar-refractivity contribution >= 4 is 17.1 Å². The van der Waals surface area contributed by atoms with Crippen molar-refractivity contribution in [3.8, 4) is 23.3 Å². The van der Waals surface area contributed by atoms with Gasteiger partial charge in [0.1, 0.15) is 11.9 Å². The molecule has 3 rings (SSSR count). The molecule has 30 heavy (non-hydrogen) atoms. The molecule has 0 saturated carbocycles. The number of nitrogen functional groups attached to an aromatic ring is 1. The van der Waals surface area contributed by atoms with E-state index in [0.717, 1.165) is 11.1 Å². The molecule has 3 N–H and O–H groups in total. The van der Waals surface area contributed by atoms with Gasteiger partial charge in [0.15, 0.2) is 5.82 Å². The van der Waals surface area contributed by atoms with Gasteiger partial charge in [-0.3, -0.25) is 4.98 Å². The molecule has 2 heterocycles. The summed E-state index contributed by atoms with van der Waals surface area (Å²) in [4.78, 5) is 13.1. The van der Waals surface area contributed by atoms with Crippen LogP contribution in [0.3, 0.4) is 0 Å². The number of aromatic nitrogens is 3. The molecule has 152 valence electrons. The molecule has 0 bridgehead atoms. The van der Waals surface area contributed by atoms with Crippen LogP contribution in [0, 0.1) is 11.3 Å². The normalized spacial score (nSPS) is 10.5. The smallest absolute Gasteiger partial charge is 0.219 e. The van der Waals surface area contributed by atoms with Gasteiger partial charge in [-0.1, -0.05) is 24.8 Å². The molecular weight excluding hydrogens is 376 g/mol. The summed E-state index contributed by atoms with van der Waals surface area (Å²) in [5.41, 5.74) is 9.73. The monoisotopic (exact) mass is 400 g/mol. The average molecular weight is 400 g/mol. The number of anilines is 2. The minimum absolute atomic E-state index is 0.0370. The topological polar surface area (TPSA) is 110 Å². The summed E-state index contributed by atoms with van der Waals surface area (Å²) in [6, 6.07) is 13.2. The number of benzene rings is 1. The highest BCUT2D eigenvalue weighted by Gasteiger charge is 2.11. The van der Waals surface area contributed by atoms with Gasteiger partial charge >= 0.3 is 0 Å². The molecule has 0 spiro atoms. The van der Waals surface area contributed by atoms with Gasteiger partial charge < -0.3 is 15.8 Å². The molecule has 0 aliphatic heterocycles. The molecule has 0 unspecified atom stereocenters. The molecule has 0 saturated heterocycles. The number of rotatable bonds is 8. The number of ether oxygens (including phenoxy) is 1. The van der Waals surface area contributed by atoms with E-state index < -0.39 is 0 Å². The quantitative estimate of drug-likeness (QED) is 0.543. The number of pyridine rings is 1. The molecule has 0 atom stereocenters. The van der Waals surface area contributed by atoms with Crippen molar-refractivity contribution in [2.24, 2.45) is 0 Å². The van der Waals surface area contributed by atoms with Crippen LogP contribution < -0.4 is 15.8 Å². The second-order valence-electron chi connectivity index (χ2n) is 7.02. The number of hydrogen-bond donors (Lipinski definition) is 2. The third kappa shape index (κ3) is 5.32. The standard InChI is InChI=1S/C23H24N6O/c1-15(2)30-22-11-21(27-9-8-16(3)19-6-4-5-7-20(19)25)28-23(29-22)18-10-17(12-24)13-26-14-18/h4-7,10-11,13-15H,3,8-9,25H2,1-2H3,(H,27,28,29). The molecule has 0 radical (unpaired) electrons. The number of nitrogens with one attached hydrogen (secondary N) is 1. The number of nitrogens with zero attached hydrogens (tertiary/aromatic N) is 4. The molecule has 0 amide bonds. The van der Waals surface area contributed by atoms with Gasteiger partial charge in [-0.05, 0) is 38.0 Å². The molecule has 3 aromatic rings. The Kier molecular flexibility index (Phi) is 6.60. The van der Waals surface area contributed by atoms with E-state index in [1.165, 1.54) is 6.20 Å². The molecule has 0 fully saturated rings. The fourth-order valence-corrected chi connectivity index (χ4v) is 2.86. The van der Waals surface area contributed by atoms with E-state index in [9.17, 15) is 0 Å². The summed E-state index contributed by atoms with van der Waals surface area (Å²) in [7, 11) is 0. The van der Waals surface area contributed by atoms with Crippen LogP contribution in [0.2, 0.25) is 0 Å². The van der Waals surface area contributed by atoms with E-state index in [2.05, 4.69) is 32.9 Å². The van der Waals surface area contributed by atoms with Crippen molar-refractivity contribution in [1.29, 1.82) is 5.26 Å². The predicted octanol–water partition coefficient (Wildman–Crippen LogP) is 4.30. The Hall–Kier alpha value is -3.92. The molecule has 0 aliphatic rings. The van der Waals surface area contributed by atoms with Gasteiger partial charge in [-0.25, -0.2) is 4.98 Å². The maximum atomic E-state index is 9.13. The first-order valence-corrected chi connectivity index (χ1v) is 9.64. The minimum atomic E-state index is -0.0370. The zero-order valence-electron chi connectivity index (χ0n) is 17.1. The number of hydrogen-bond acceptors (Lipinski definition) is 7. The third-order valence-corrected chi connectivity index (χ3v) is 4.26. The van der Waals surface area contributed by atoms with Crippen molar-refractivity contribution in [3.63, 3.8) is 0 Å². The van der Waals surface area contributed by atoms with E-state index in [1.807, 2.05) is 38.1 Å². The van der Waals surface area contributed by atoms with Crippen molar-refractivity contribution in [2.45, 2.75) is 26.4 Å². The predicted molar refractivity (Wildman–Crippen MR) is 119 cm³/mol. The first kappa shape index (κ1) is 20.8. The van der Waals surface area contributed by atoms with Crippen molar-refractivity contribution < 1.29 is 4.74 Å². The summed E-state index contributed by atoms with van der Waals surface area (Å²) in [5.74, 6) is 1.50. The lowest BCUT2D eigenvalue weighted by atomic mass is 10.0. The lowest BCUT2D eigenvalue weighted by Gasteiger charge is -2.14. The van der Waals surface area contributed by atoms with Gasteiger partial charge in [-0.15, -0.1) is 0 Å².